The highest BCUT2D eigenvalue weighted by Crippen LogP contribution is 2.32. The molecule has 0 saturated heterocycles. The first-order chi connectivity index (χ1) is 8.08. The van der Waals surface area contributed by atoms with Crippen molar-refractivity contribution in [2.24, 2.45) is 0 Å². The fraction of sp³-hybridized carbons (Fsp3) is 0.667. The molecule has 0 amide bonds. The van der Waals surface area contributed by atoms with Crippen molar-refractivity contribution < 1.29 is 9.90 Å². The van der Waals surface area contributed by atoms with Crippen LogP contribution in [0.4, 0.5) is 0 Å². The van der Waals surface area contributed by atoms with E-state index in [1.807, 2.05) is 6.92 Å². The molecule has 1 heterocycles. The molecule has 0 radical (unpaired) electrons. The van der Waals surface area contributed by atoms with Gasteiger partial charge in [-0.3, -0.25) is 9.48 Å². The first-order valence-electron chi connectivity index (χ1n) is 6.07. The van der Waals surface area contributed by atoms with Crippen LogP contribution in [0.15, 0.2) is 6.20 Å². The summed E-state index contributed by atoms with van der Waals surface area (Å²) in [4.78, 5) is 12.4. The van der Waals surface area contributed by atoms with Crippen LogP contribution in [-0.4, -0.2) is 26.3 Å². The highest BCUT2D eigenvalue weighted by atomic mass is 35.5. The summed E-state index contributed by atoms with van der Waals surface area (Å²) in [6, 6.07) is 0. The third-order valence-electron chi connectivity index (χ3n) is 3.41. The van der Waals surface area contributed by atoms with Gasteiger partial charge in [0.1, 0.15) is 11.3 Å². The number of nitrogens with zero attached hydrogens (tertiary/aromatic N) is 2. The Morgan fingerprint density at radius 3 is 2.76 bits per heavy atom. The Morgan fingerprint density at radius 1 is 1.53 bits per heavy atom. The van der Waals surface area contributed by atoms with Crippen LogP contribution in [0, 0.1) is 0 Å². The lowest BCUT2D eigenvalue weighted by molar-refractivity contribution is 0.0107. The minimum absolute atomic E-state index is 0.276. The Bertz CT molecular complexity index is 422. The number of carbonyl (C=O) groups excluding carboxylic acids is 1. The zero-order chi connectivity index (χ0) is 12.5. The Hall–Kier alpha value is -0.870. The van der Waals surface area contributed by atoms with Crippen molar-refractivity contribution in [3.63, 3.8) is 0 Å². The van der Waals surface area contributed by atoms with Crippen LogP contribution in [-0.2, 0) is 6.54 Å². The van der Waals surface area contributed by atoms with Gasteiger partial charge in [0.2, 0.25) is 5.78 Å². The third kappa shape index (κ3) is 2.24. The normalized spacial score (nSPS) is 19.2. The van der Waals surface area contributed by atoms with Crippen molar-refractivity contribution in [2.75, 3.05) is 0 Å². The van der Waals surface area contributed by atoms with E-state index in [-0.39, 0.29) is 5.78 Å². The van der Waals surface area contributed by atoms with E-state index in [1.54, 1.807) is 4.68 Å². The van der Waals surface area contributed by atoms with E-state index in [1.165, 1.54) is 6.20 Å². The Balaban J connectivity index is 2.32. The molecule has 0 atom stereocenters. The molecular formula is C12H17ClN2O2. The number of hydrogen-bond donors (Lipinski definition) is 1. The monoisotopic (exact) mass is 256 g/mol. The van der Waals surface area contributed by atoms with Gasteiger partial charge in [0.25, 0.3) is 0 Å². The van der Waals surface area contributed by atoms with Gasteiger partial charge < -0.3 is 5.11 Å². The highest BCUT2D eigenvalue weighted by Gasteiger charge is 2.40. The summed E-state index contributed by atoms with van der Waals surface area (Å²) >= 11 is 5.98. The molecule has 0 aromatic carbocycles. The fourth-order valence-electron chi connectivity index (χ4n) is 2.41. The smallest absolute Gasteiger partial charge is 0.213 e. The standard InChI is InChI=1S/C12H17ClN2O2/c1-2-15-10(9(13)8-14-15)11(16)12(17)6-4-3-5-7-12/h8,17H,2-7H2,1H3. The van der Waals surface area contributed by atoms with Crippen LogP contribution in [0.25, 0.3) is 0 Å². The second-order valence-electron chi connectivity index (χ2n) is 4.58. The van der Waals surface area contributed by atoms with Crippen molar-refractivity contribution in [2.45, 2.75) is 51.2 Å². The van der Waals surface area contributed by atoms with Crippen LogP contribution in [0.2, 0.25) is 5.02 Å². The number of rotatable bonds is 3. The van der Waals surface area contributed by atoms with Gasteiger partial charge in [-0.25, -0.2) is 0 Å². The van der Waals surface area contributed by atoms with E-state index in [2.05, 4.69) is 5.10 Å². The fourth-order valence-corrected chi connectivity index (χ4v) is 2.64. The van der Waals surface area contributed by atoms with Gasteiger partial charge in [-0.05, 0) is 19.8 Å². The van der Waals surface area contributed by atoms with Gasteiger partial charge in [-0.1, -0.05) is 30.9 Å². The van der Waals surface area contributed by atoms with E-state index < -0.39 is 5.60 Å². The number of hydrogen-bond acceptors (Lipinski definition) is 3. The lowest BCUT2D eigenvalue weighted by atomic mass is 9.81. The van der Waals surface area contributed by atoms with Crippen molar-refractivity contribution in [3.8, 4) is 0 Å². The second kappa shape index (κ2) is 4.78. The summed E-state index contributed by atoms with van der Waals surface area (Å²) in [5.74, 6) is -0.276. The molecule has 0 unspecified atom stereocenters. The average molecular weight is 257 g/mol. The number of halogens is 1. The molecule has 1 aromatic rings. The number of aliphatic hydroxyl groups is 1. The van der Waals surface area contributed by atoms with Crippen molar-refractivity contribution in [1.29, 1.82) is 0 Å². The van der Waals surface area contributed by atoms with Gasteiger partial charge in [0.15, 0.2) is 0 Å². The number of carbonyl (C=O) groups is 1. The molecule has 1 aliphatic carbocycles. The molecular weight excluding hydrogens is 240 g/mol. The van der Waals surface area contributed by atoms with Crippen molar-refractivity contribution >= 4 is 17.4 Å². The first-order valence-corrected chi connectivity index (χ1v) is 6.45. The van der Waals surface area contributed by atoms with Crippen LogP contribution >= 0.6 is 11.6 Å². The third-order valence-corrected chi connectivity index (χ3v) is 3.69. The molecule has 4 nitrogen and oxygen atoms in total. The summed E-state index contributed by atoms with van der Waals surface area (Å²) in [5.41, 5.74) is -0.895. The number of aromatic nitrogens is 2. The lowest BCUT2D eigenvalue weighted by Crippen LogP contribution is -2.41. The predicted octanol–water partition coefficient (Wildman–Crippen LogP) is 2.43. The summed E-state index contributed by atoms with van der Waals surface area (Å²) in [5, 5.41) is 14.8. The maximum atomic E-state index is 12.4. The molecule has 1 saturated carbocycles. The zero-order valence-electron chi connectivity index (χ0n) is 9.95. The molecule has 0 aliphatic heterocycles. The molecule has 1 aliphatic rings. The molecule has 0 spiro atoms. The second-order valence-corrected chi connectivity index (χ2v) is 4.99. The van der Waals surface area contributed by atoms with Gasteiger partial charge >= 0.3 is 0 Å². The van der Waals surface area contributed by atoms with Crippen molar-refractivity contribution in [1.82, 2.24) is 9.78 Å². The molecule has 1 N–H and O–H groups in total. The van der Waals surface area contributed by atoms with E-state index in [9.17, 15) is 9.90 Å². The summed E-state index contributed by atoms with van der Waals surface area (Å²) < 4.78 is 1.55. The van der Waals surface area contributed by atoms with Crippen LogP contribution < -0.4 is 0 Å². The maximum absolute atomic E-state index is 12.4. The number of Topliss-reactive ketones (excluding diaryl/α,β-unsaturated/α-hetero) is 1. The lowest BCUT2D eigenvalue weighted by Gasteiger charge is -2.30. The molecule has 2 rings (SSSR count). The van der Waals surface area contributed by atoms with Gasteiger partial charge in [0.05, 0.1) is 11.2 Å². The molecule has 94 valence electrons. The largest absolute Gasteiger partial charge is 0.382 e. The summed E-state index contributed by atoms with van der Waals surface area (Å²) in [6.07, 6.45) is 5.37. The average Bonchev–Trinajstić information content (AvgIpc) is 2.70. The van der Waals surface area contributed by atoms with Gasteiger partial charge in [0, 0.05) is 6.54 Å². The molecule has 0 bridgehead atoms. The molecule has 17 heavy (non-hydrogen) atoms. The Morgan fingerprint density at radius 2 is 2.18 bits per heavy atom. The van der Waals surface area contributed by atoms with E-state index in [0.717, 1.165) is 19.3 Å². The quantitative estimate of drug-likeness (QED) is 0.845. The van der Waals surface area contributed by atoms with Gasteiger partial charge in [-0.15, -0.1) is 0 Å². The highest BCUT2D eigenvalue weighted by molar-refractivity contribution is 6.34. The molecule has 5 heteroatoms. The zero-order valence-corrected chi connectivity index (χ0v) is 10.7. The number of ketones is 1. The Labute approximate surface area is 106 Å². The Kier molecular flexibility index (Phi) is 3.54. The van der Waals surface area contributed by atoms with Gasteiger partial charge in [-0.2, -0.15) is 5.10 Å². The SMILES string of the molecule is CCn1ncc(Cl)c1C(=O)C1(O)CCCCC1. The predicted molar refractivity (Wildman–Crippen MR) is 65.3 cm³/mol. The van der Waals surface area contributed by atoms with E-state index in [0.29, 0.717) is 30.1 Å². The summed E-state index contributed by atoms with van der Waals surface area (Å²) in [6.45, 7) is 2.47. The maximum Gasteiger partial charge on any atom is 0.213 e. The van der Waals surface area contributed by atoms with E-state index in [4.69, 9.17) is 11.6 Å². The molecule has 1 aromatic heterocycles. The topological polar surface area (TPSA) is 55.1 Å². The van der Waals surface area contributed by atoms with Crippen molar-refractivity contribution in [3.05, 3.63) is 16.9 Å². The number of aryl methyl sites for hydroxylation is 1. The minimum Gasteiger partial charge on any atom is -0.382 e. The van der Waals surface area contributed by atoms with Crippen LogP contribution in [0.5, 0.6) is 0 Å². The van der Waals surface area contributed by atoms with Crippen LogP contribution in [0.3, 0.4) is 0 Å². The van der Waals surface area contributed by atoms with Crippen LogP contribution in [0.1, 0.15) is 49.5 Å². The summed E-state index contributed by atoms with van der Waals surface area (Å²) in [7, 11) is 0. The minimum atomic E-state index is -1.24. The van der Waals surface area contributed by atoms with E-state index >= 15 is 0 Å². The first kappa shape index (κ1) is 12.6. The molecule has 1 fully saturated rings.